The van der Waals surface area contributed by atoms with E-state index in [2.05, 4.69) is 37.3 Å². The Balaban J connectivity index is 3.35. The number of hydrazine groups is 1. The molecule has 0 bridgehead atoms. The minimum Gasteiger partial charge on any atom is -0.481 e. The topological polar surface area (TPSA) is 376 Å². The molecule has 0 aromatic heterocycles. The lowest BCUT2D eigenvalue weighted by Gasteiger charge is -2.33. The smallest absolute Gasteiger partial charge is 0.305 e. The van der Waals surface area contributed by atoms with E-state index in [0.29, 0.717) is 12.8 Å². The molecule has 9 amide bonds. The van der Waals surface area contributed by atoms with Crippen LogP contribution in [0.3, 0.4) is 0 Å². The van der Waals surface area contributed by atoms with Gasteiger partial charge in [0.25, 0.3) is 11.8 Å². The average Bonchev–Trinajstić information content (AvgIpc) is 3.70. The van der Waals surface area contributed by atoms with Gasteiger partial charge in [0, 0.05) is 26.4 Å². The van der Waals surface area contributed by atoms with Crippen molar-refractivity contribution >= 4 is 82.7 Å². The number of carboxylic acid groups (broad SMARTS) is 3. The highest BCUT2D eigenvalue weighted by Gasteiger charge is 2.41. The monoisotopic (exact) mass is 947 g/mol. The molecule has 0 spiro atoms. The molecule has 25 nitrogen and oxygen atoms in total. The lowest BCUT2D eigenvalue weighted by atomic mass is 9.98. The summed E-state index contributed by atoms with van der Waals surface area (Å²) in [5.41, 5.74) is 2.51. The second kappa shape index (κ2) is 27.3. The minimum absolute atomic E-state index is 0.141. The molecule has 0 aromatic rings. The maximum atomic E-state index is 14.0. The van der Waals surface area contributed by atoms with Crippen LogP contribution in [0.1, 0.15) is 93.4 Å². The fourth-order valence-corrected chi connectivity index (χ4v) is 6.66. The fraction of sp³-hybridized carbons (Fsp3) is 0.692. The van der Waals surface area contributed by atoms with Crippen molar-refractivity contribution in [3.8, 4) is 0 Å². The highest BCUT2D eigenvalue weighted by molar-refractivity contribution is 6.27. The highest BCUT2D eigenvalue weighted by atomic mass is 35.5. The number of carbonyl (C=O) groups is 12. The Labute approximate surface area is 379 Å². The summed E-state index contributed by atoms with van der Waals surface area (Å²) in [5, 5.41) is 53.0. The van der Waals surface area contributed by atoms with Crippen molar-refractivity contribution in [2.24, 2.45) is 11.8 Å². The third kappa shape index (κ3) is 18.9. The van der Waals surface area contributed by atoms with Gasteiger partial charge in [0.2, 0.25) is 41.4 Å². The van der Waals surface area contributed by atoms with Crippen LogP contribution < -0.4 is 37.3 Å². The molecule has 0 aliphatic carbocycles. The number of nitrogens with zero attached hydrogens (tertiary/aromatic N) is 2. The third-order valence-corrected chi connectivity index (χ3v) is 10.1. The summed E-state index contributed by atoms with van der Waals surface area (Å²) in [6.07, 6.45) is -4.03. The molecular weight excluding hydrogens is 886 g/mol. The van der Waals surface area contributed by atoms with E-state index in [1.54, 1.807) is 20.8 Å². The molecule has 0 unspecified atom stereocenters. The Bertz CT molecular complexity index is 1760. The zero-order valence-corrected chi connectivity index (χ0v) is 38.1. The molecule has 0 radical (unpaired) electrons. The third-order valence-electron chi connectivity index (χ3n) is 9.85. The second-order valence-corrected chi connectivity index (χ2v) is 16.3. The van der Waals surface area contributed by atoms with Gasteiger partial charge in [-0.15, -0.1) is 11.6 Å². The van der Waals surface area contributed by atoms with Crippen molar-refractivity contribution in [2.75, 3.05) is 19.0 Å². The number of carboxylic acids is 3. The van der Waals surface area contributed by atoms with Crippen LogP contribution in [0.15, 0.2) is 0 Å². The number of aliphatic hydroxyl groups excluding tert-OH is 1. The summed E-state index contributed by atoms with van der Waals surface area (Å²) >= 11 is 5.69. The second-order valence-electron chi connectivity index (χ2n) is 16.0. The van der Waals surface area contributed by atoms with Crippen LogP contribution >= 0.6 is 11.6 Å². The fourth-order valence-electron chi connectivity index (χ4n) is 6.52. The normalized spacial score (nSPS) is 16.6. The maximum Gasteiger partial charge on any atom is 0.305 e. The van der Waals surface area contributed by atoms with E-state index >= 15 is 0 Å². The summed E-state index contributed by atoms with van der Waals surface area (Å²) in [5.74, 6) is -14.9. The van der Waals surface area contributed by atoms with E-state index in [1.807, 2.05) is 0 Å². The number of rotatable bonds is 26. The van der Waals surface area contributed by atoms with Crippen molar-refractivity contribution in [1.29, 1.82) is 0 Å². The van der Waals surface area contributed by atoms with Gasteiger partial charge in [0.1, 0.15) is 48.2 Å². The quantitative estimate of drug-likeness (QED) is 0.0303. The van der Waals surface area contributed by atoms with Gasteiger partial charge in [-0.05, 0) is 44.4 Å². The summed E-state index contributed by atoms with van der Waals surface area (Å²) in [6, 6.07) is -11.2. The molecule has 1 aliphatic heterocycles. The largest absolute Gasteiger partial charge is 0.481 e. The summed E-state index contributed by atoms with van der Waals surface area (Å²) in [6.45, 7) is 10.4. The molecule has 1 heterocycles. The summed E-state index contributed by atoms with van der Waals surface area (Å²) in [7, 11) is 0. The van der Waals surface area contributed by atoms with Crippen LogP contribution in [-0.2, 0) is 57.5 Å². The molecule has 26 heteroatoms. The number of aliphatic carboxylic acids is 3. The van der Waals surface area contributed by atoms with Gasteiger partial charge >= 0.3 is 17.9 Å². The van der Waals surface area contributed by atoms with Crippen LogP contribution in [0.4, 0.5) is 0 Å². The lowest BCUT2D eigenvalue weighted by molar-refractivity contribution is -0.147. The first kappa shape index (κ1) is 56.9. The number of carbonyl (C=O) groups excluding carboxylic acids is 9. The molecular formula is C39H62ClN9O16. The van der Waals surface area contributed by atoms with Crippen LogP contribution in [0.2, 0.25) is 0 Å². The Kier molecular flexibility index (Phi) is 23.9. The predicted octanol–water partition coefficient (Wildman–Crippen LogP) is -3.08. The van der Waals surface area contributed by atoms with Gasteiger partial charge in [0.15, 0.2) is 0 Å². The van der Waals surface area contributed by atoms with E-state index in [9.17, 15) is 72.9 Å². The summed E-state index contributed by atoms with van der Waals surface area (Å²) in [4.78, 5) is 154. The van der Waals surface area contributed by atoms with E-state index < -0.39 is 163 Å². The number of hydrogen-bond acceptors (Lipinski definition) is 13. The first-order valence-electron chi connectivity index (χ1n) is 20.9. The Hall–Kier alpha value is -6.11. The van der Waals surface area contributed by atoms with Gasteiger partial charge in [0.05, 0.1) is 18.9 Å². The van der Waals surface area contributed by atoms with Crippen LogP contribution in [0, 0.1) is 11.8 Å². The van der Waals surface area contributed by atoms with Crippen molar-refractivity contribution in [3.63, 3.8) is 0 Å². The number of alkyl halides is 1. The van der Waals surface area contributed by atoms with Crippen molar-refractivity contribution < 1.29 is 78.0 Å². The van der Waals surface area contributed by atoms with Gasteiger partial charge < -0.3 is 57.2 Å². The first-order valence-corrected chi connectivity index (χ1v) is 21.4. The van der Waals surface area contributed by atoms with E-state index in [1.165, 1.54) is 18.7 Å². The summed E-state index contributed by atoms with van der Waals surface area (Å²) < 4.78 is 0. The SMILES string of the molecule is CCCN(NC(=O)[C@H]1CCCN1C(=O)[C@@H](NC(=O)[C@@H](NC(=O)[C@H](CC(=O)O)NC(=O)[C@H](CCC(=O)O)NC(=O)[C@@H](NC(=O)[C@H](CC(=O)O)NC(C)=O)[C@@H](C)O)C(C)C)C(C)C)C(=O)CCl. The molecule has 0 aromatic carbocycles. The lowest BCUT2D eigenvalue weighted by Crippen LogP contribution is -2.62. The number of nitrogens with one attached hydrogen (secondary N) is 7. The molecule has 1 rings (SSSR count). The van der Waals surface area contributed by atoms with Gasteiger partial charge in [-0.3, -0.25) is 68.0 Å². The van der Waals surface area contributed by atoms with Gasteiger partial charge in [-0.2, -0.15) is 0 Å². The molecule has 1 aliphatic rings. The van der Waals surface area contributed by atoms with E-state index in [4.69, 9.17) is 16.7 Å². The zero-order valence-electron chi connectivity index (χ0n) is 37.3. The number of amides is 9. The first-order chi connectivity index (χ1) is 30.2. The van der Waals surface area contributed by atoms with E-state index in [0.717, 1.165) is 18.9 Å². The standard InChI is InChI=1S/C39H62ClN9O16/c1-8-13-49(26(52)17-40)47-36(62)25-10-9-14-48(25)39(65)31(19(4)5)45-37(63)30(18(2)3)44-35(61)24(16-29(57)58)43-33(59)22(11-12-27(53)54)42-38(64)32(20(6)50)46-34(60)23(15-28(55)56)41-21(7)51/h18-20,22-25,30-32,50H,8-17H2,1-7H3,(H,41,51)(H,42,64)(H,43,59)(H,44,61)(H,45,63)(H,46,60)(H,47,62)(H,53,54)(H,55,56)(H,57,58)/t20-,22+,23+,24+,25-,30+,31+,32+/m1/s1. The highest BCUT2D eigenvalue weighted by Crippen LogP contribution is 2.21. The predicted molar refractivity (Wildman–Crippen MR) is 226 cm³/mol. The maximum absolute atomic E-state index is 14.0. The molecule has 65 heavy (non-hydrogen) atoms. The number of aliphatic hydroxyl groups is 1. The number of hydrogen-bond donors (Lipinski definition) is 11. The molecule has 8 atom stereocenters. The molecule has 1 fully saturated rings. The molecule has 366 valence electrons. The number of halogens is 1. The van der Waals surface area contributed by atoms with Crippen LogP contribution in [0.25, 0.3) is 0 Å². The van der Waals surface area contributed by atoms with Crippen molar-refractivity contribution in [2.45, 2.75) is 142 Å². The Morgan fingerprint density at radius 1 is 0.662 bits per heavy atom. The zero-order chi connectivity index (χ0) is 49.9. The number of likely N-dealkylation sites (tertiary alicyclic amines) is 1. The van der Waals surface area contributed by atoms with E-state index in [-0.39, 0.29) is 19.5 Å². The van der Waals surface area contributed by atoms with Crippen molar-refractivity contribution in [3.05, 3.63) is 0 Å². The van der Waals surface area contributed by atoms with Crippen LogP contribution in [-0.4, -0.2) is 169 Å². The molecule has 1 saturated heterocycles. The average molecular weight is 948 g/mol. The van der Waals surface area contributed by atoms with Gasteiger partial charge in [-0.25, -0.2) is 0 Å². The molecule has 0 saturated carbocycles. The van der Waals surface area contributed by atoms with Crippen molar-refractivity contribution in [1.82, 2.24) is 47.2 Å². The van der Waals surface area contributed by atoms with Crippen LogP contribution in [0.5, 0.6) is 0 Å². The Morgan fingerprint density at radius 2 is 1.14 bits per heavy atom. The molecule has 11 N–H and O–H groups in total. The minimum atomic E-state index is -1.97. The van der Waals surface area contributed by atoms with Gasteiger partial charge in [-0.1, -0.05) is 34.6 Å². The Morgan fingerprint density at radius 3 is 1.60 bits per heavy atom.